The second-order valence-corrected chi connectivity index (χ2v) is 9.99. The first-order valence-corrected chi connectivity index (χ1v) is 10.9. The Bertz CT molecular complexity index is 370. The monoisotopic (exact) mass is 302 g/mol. The predicted molar refractivity (Wildman–Crippen MR) is 95.7 cm³/mol. The minimum absolute atomic E-state index is 0.279. The van der Waals surface area contributed by atoms with Crippen molar-refractivity contribution in [3.8, 4) is 0 Å². The van der Waals surface area contributed by atoms with Gasteiger partial charge in [0.05, 0.1) is 0 Å². The molecule has 0 spiro atoms. The van der Waals surface area contributed by atoms with Crippen LogP contribution in [0.4, 0.5) is 0 Å². The minimum Gasteiger partial charge on any atom is -0.100 e. The third kappa shape index (κ3) is 4.56. The zero-order chi connectivity index (χ0) is 14.3. The van der Waals surface area contributed by atoms with Crippen LogP contribution >= 0.6 is 7.92 Å². The molecule has 2 saturated carbocycles. The molecule has 0 unspecified atom stereocenters. The van der Waals surface area contributed by atoms with Gasteiger partial charge in [0.25, 0.3) is 0 Å². The van der Waals surface area contributed by atoms with E-state index in [0.717, 1.165) is 11.3 Å². The van der Waals surface area contributed by atoms with Crippen molar-refractivity contribution < 1.29 is 0 Å². The molecular formula is C20H31P. The highest BCUT2D eigenvalue weighted by molar-refractivity contribution is 7.59. The highest BCUT2D eigenvalue weighted by atomic mass is 31.1. The molecule has 0 atom stereocenters. The first kappa shape index (κ1) is 15.5. The summed E-state index contributed by atoms with van der Waals surface area (Å²) < 4.78 is 0. The molecule has 0 amide bonds. The minimum atomic E-state index is 0.279. The van der Waals surface area contributed by atoms with Crippen molar-refractivity contribution in [1.82, 2.24) is 0 Å². The Labute approximate surface area is 132 Å². The Morgan fingerprint density at radius 1 is 0.714 bits per heavy atom. The van der Waals surface area contributed by atoms with Gasteiger partial charge in [0.15, 0.2) is 0 Å². The molecule has 0 N–H and O–H groups in total. The van der Waals surface area contributed by atoms with Crippen LogP contribution in [0, 0.1) is 0 Å². The molecular weight excluding hydrogens is 271 g/mol. The lowest BCUT2D eigenvalue weighted by atomic mass is 9.99. The highest BCUT2D eigenvalue weighted by Crippen LogP contribution is 2.55. The number of aryl methyl sites for hydroxylation is 1. The van der Waals surface area contributed by atoms with Gasteiger partial charge in [-0.2, -0.15) is 0 Å². The maximum atomic E-state index is 2.33. The molecule has 21 heavy (non-hydrogen) atoms. The highest BCUT2D eigenvalue weighted by Gasteiger charge is 2.30. The fraction of sp³-hybridized carbons (Fsp3) is 0.700. The van der Waals surface area contributed by atoms with Crippen molar-refractivity contribution in [2.45, 2.75) is 81.9 Å². The third-order valence-electron chi connectivity index (χ3n) is 5.59. The third-order valence-corrected chi connectivity index (χ3v) is 9.24. The van der Waals surface area contributed by atoms with Crippen LogP contribution in [0.1, 0.15) is 69.8 Å². The van der Waals surface area contributed by atoms with Crippen molar-refractivity contribution >= 4 is 7.92 Å². The van der Waals surface area contributed by atoms with Gasteiger partial charge in [-0.3, -0.25) is 0 Å². The molecule has 1 heteroatoms. The van der Waals surface area contributed by atoms with Crippen molar-refractivity contribution in [2.24, 2.45) is 0 Å². The molecule has 0 aromatic heterocycles. The van der Waals surface area contributed by atoms with Crippen molar-refractivity contribution in [3.05, 3.63) is 35.9 Å². The quantitative estimate of drug-likeness (QED) is 0.554. The van der Waals surface area contributed by atoms with Gasteiger partial charge in [0.1, 0.15) is 0 Å². The van der Waals surface area contributed by atoms with Gasteiger partial charge in [-0.1, -0.05) is 68.9 Å². The first-order chi connectivity index (χ1) is 10.4. The smallest absolute Gasteiger partial charge is 0.0207 e. The summed E-state index contributed by atoms with van der Waals surface area (Å²) in [7, 11) is 0.279. The van der Waals surface area contributed by atoms with Gasteiger partial charge < -0.3 is 0 Å². The summed E-state index contributed by atoms with van der Waals surface area (Å²) in [5, 5.41) is 0. The molecule has 2 fully saturated rings. The van der Waals surface area contributed by atoms with Gasteiger partial charge in [0.2, 0.25) is 0 Å². The van der Waals surface area contributed by atoms with E-state index in [0.29, 0.717) is 0 Å². The predicted octanol–water partition coefficient (Wildman–Crippen LogP) is 6.38. The summed E-state index contributed by atoms with van der Waals surface area (Å²) in [5.74, 6) is 0. The van der Waals surface area contributed by atoms with E-state index >= 15 is 0 Å². The van der Waals surface area contributed by atoms with Gasteiger partial charge >= 0.3 is 0 Å². The normalized spacial score (nSPS) is 21.8. The van der Waals surface area contributed by atoms with E-state index in [1.54, 1.807) is 31.2 Å². The largest absolute Gasteiger partial charge is 0.100 e. The zero-order valence-electron chi connectivity index (χ0n) is 13.5. The molecule has 3 rings (SSSR count). The Morgan fingerprint density at radius 3 is 1.76 bits per heavy atom. The molecule has 1 aromatic carbocycles. The zero-order valence-corrected chi connectivity index (χ0v) is 14.4. The fourth-order valence-electron chi connectivity index (χ4n) is 4.39. The van der Waals surface area contributed by atoms with Crippen LogP contribution in [0.15, 0.2) is 30.3 Å². The lowest BCUT2D eigenvalue weighted by Gasteiger charge is -2.38. The number of hydrogen-bond donors (Lipinski definition) is 0. The molecule has 0 radical (unpaired) electrons. The van der Waals surface area contributed by atoms with E-state index in [4.69, 9.17) is 0 Å². The Kier molecular flexibility index (Phi) is 6.16. The average molecular weight is 302 g/mol. The lowest BCUT2D eigenvalue weighted by molar-refractivity contribution is 0.484. The van der Waals surface area contributed by atoms with Gasteiger partial charge in [-0.15, -0.1) is 7.92 Å². The molecule has 0 aliphatic heterocycles. The molecule has 2 aliphatic rings. The standard InChI is InChI=1S/C20H31P/c1-4-10-18(11-5-1)16-17-21(19-12-6-2-7-13-19)20-14-8-3-9-15-20/h1,4-5,10-11,19-20H,2-3,6-9,12-17H2. The van der Waals surface area contributed by atoms with E-state index in [1.807, 2.05) is 0 Å². The Balaban J connectivity index is 1.62. The molecule has 2 aliphatic carbocycles. The van der Waals surface area contributed by atoms with Crippen LogP contribution < -0.4 is 0 Å². The summed E-state index contributed by atoms with van der Waals surface area (Å²) in [6.07, 6.45) is 18.1. The summed E-state index contributed by atoms with van der Waals surface area (Å²) >= 11 is 0. The summed E-state index contributed by atoms with van der Waals surface area (Å²) in [4.78, 5) is 0. The molecule has 0 heterocycles. The number of hydrogen-bond acceptors (Lipinski definition) is 0. The lowest BCUT2D eigenvalue weighted by Crippen LogP contribution is -2.22. The van der Waals surface area contributed by atoms with Crippen LogP contribution in [0.3, 0.4) is 0 Å². The maximum absolute atomic E-state index is 2.33. The second kappa shape index (κ2) is 8.33. The second-order valence-electron chi connectivity index (χ2n) is 7.06. The molecule has 0 nitrogen and oxygen atoms in total. The van der Waals surface area contributed by atoms with E-state index in [9.17, 15) is 0 Å². The average Bonchev–Trinajstić information content (AvgIpc) is 2.58. The Hall–Kier alpha value is -0.350. The van der Waals surface area contributed by atoms with Crippen LogP contribution in [-0.4, -0.2) is 17.5 Å². The SMILES string of the molecule is c1ccc(CCP(C2CCCCC2)C2CCCCC2)cc1. The van der Waals surface area contributed by atoms with Gasteiger partial charge in [0, 0.05) is 0 Å². The van der Waals surface area contributed by atoms with E-state index in [1.165, 1.54) is 51.1 Å². The molecule has 0 saturated heterocycles. The van der Waals surface area contributed by atoms with E-state index in [-0.39, 0.29) is 7.92 Å². The molecule has 116 valence electrons. The number of benzene rings is 1. The van der Waals surface area contributed by atoms with E-state index in [2.05, 4.69) is 30.3 Å². The summed E-state index contributed by atoms with van der Waals surface area (Å²) in [5.41, 5.74) is 3.79. The van der Waals surface area contributed by atoms with Crippen LogP contribution in [-0.2, 0) is 6.42 Å². The van der Waals surface area contributed by atoms with Crippen molar-refractivity contribution in [1.29, 1.82) is 0 Å². The summed E-state index contributed by atoms with van der Waals surface area (Å²) in [6, 6.07) is 11.2. The van der Waals surface area contributed by atoms with Gasteiger partial charge in [-0.25, -0.2) is 0 Å². The number of rotatable bonds is 5. The fourth-order valence-corrected chi connectivity index (χ4v) is 8.29. The van der Waals surface area contributed by atoms with E-state index < -0.39 is 0 Å². The topological polar surface area (TPSA) is 0 Å². The van der Waals surface area contributed by atoms with Crippen molar-refractivity contribution in [2.75, 3.05) is 6.16 Å². The molecule has 1 aromatic rings. The van der Waals surface area contributed by atoms with Crippen LogP contribution in [0.25, 0.3) is 0 Å². The van der Waals surface area contributed by atoms with Crippen molar-refractivity contribution in [3.63, 3.8) is 0 Å². The van der Waals surface area contributed by atoms with Gasteiger partial charge in [-0.05, 0) is 55.1 Å². The van der Waals surface area contributed by atoms with Crippen LogP contribution in [0.2, 0.25) is 0 Å². The van der Waals surface area contributed by atoms with Crippen LogP contribution in [0.5, 0.6) is 0 Å². The molecule has 0 bridgehead atoms. The first-order valence-electron chi connectivity index (χ1n) is 9.23. The maximum Gasteiger partial charge on any atom is -0.0207 e. The summed E-state index contributed by atoms with van der Waals surface area (Å²) in [6.45, 7) is 0. The Morgan fingerprint density at radius 2 is 1.24 bits per heavy atom.